The molecule has 2 atom stereocenters. The van der Waals surface area contributed by atoms with E-state index in [1.54, 1.807) is 0 Å². The fourth-order valence-electron chi connectivity index (χ4n) is 6.28. The van der Waals surface area contributed by atoms with Gasteiger partial charge in [0, 0.05) is 72.8 Å². The third-order valence-corrected chi connectivity index (χ3v) is 8.17. The molecule has 2 saturated heterocycles. The zero-order valence-electron chi connectivity index (χ0n) is 18.7. The molecular weight excluding hydrogens is 384 g/mol. The second kappa shape index (κ2) is 6.67. The number of benzene rings is 2. The minimum Gasteiger partial charge on any atom is -0.463 e. The second-order valence-corrected chi connectivity index (χ2v) is 9.88. The van der Waals surface area contributed by atoms with E-state index in [1.165, 1.54) is 22.2 Å². The third kappa shape index (κ3) is 2.53. The SMILES string of the molecule is CN1C2=CC=CCC2C(C)(C)C12CNc1c(cc(N3CCNCC3)c3ccccc13)O2. The number of nitrogens with zero attached hydrogens (tertiary/aromatic N) is 2. The number of allylic oxidation sites excluding steroid dienone is 4. The molecule has 0 amide bonds. The molecule has 1 aliphatic carbocycles. The number of likely N-dealkylation sites (N-methyl/N-ethyl adjacent to an activating group) is 1. The summed E-state index contributed by atoms with van der Waals surface area (Å²) in [6.07, 6.45) is 7.83. The van der Waals surface area contributed by atoms with Crippen molar-refractivity contribution in [3.05, 3.63) is 54.3 Å². The van der Waals surface area contributed by atoms with E-state index in [0.717, 1.165) is 50.6 Å². The lowest BCUT2D eigenvalue weighted by atomic mass is 9.70. The van der Waals surface area contributed by atoms with Crippen LogP contribution in [0, 0.1) is 11.3 Å². The minimum atomic E-state index is -0.411. The maximum Gasteiger partial charge on any atom is 0.205 e. The van der Waals surface area contributed by atoms with Crippen molar-refractivity contribution in [3.63, 3.8) is 0 Å². The molecule has 2 aromatic carbocycles. The van der Waals surface area contributed by atoms with Gasteiger partial charge < -0.3 is 25.2 Å². The number of ether oxygens (including phenoxy) is 1. The van der Waals surface area contributed by atoms with Crippen LogP contribution in [0.15, 0.2) is 54.3 Å². The van der Waals surface area contributed by atoms with Crippen molar-refractivity contribution in [3.8, 4) is 5.75 Å². The Hall–Kier alpha value is -2.66. The van der Waals surface area contributed by atoms with Gasteiger partial charge >= 0.3 is 0 Å². The summed E-state index contributed by atoms with van der Waals surface area (Å²) in [5.41, 5.74) is 3.37. The summed E-state index contributed by atoms with van der Waals surface area (Å²) in [7, 11) is 2.21. The van der Waals surface area contributed by atoms with Gasteiger partial charge in [0.05, 0.1) is 12.2 Å². The highest BCUT2D eigenvalue weighted by Crippen LogP contribution is 2.58. The molecule has 5 heteroatoms. The first-order valence-electron chi connectivity index (χ1n) is 11.6. The van der Waals surface area contributed by atoms with Crippen molar-refractivity contribution in [2.24, 2.45) is 11.3 Å². The number of hydrogen-bond donors (Lipinski definition) is 2. The van der Waals surface area contributed by atoms with E-state index in [9.17, 15) is 0 Å². The maximum absolute atomic E-state index is 7.09. The quantitative estimate of drug-likeness (QED) is 0.730. The number of likely N-dealkylation sites (tertiary alicyclic amines) is 1. The zero-order valence-corrected chi connectivity index (χ0v) is 18.7. The molecule has 6 rings (SSSR count). The fourth-order valence-corrected chi connectivity index (χ4v) is 6.28. The van der Waals surface area contributed by atoms with Crippen LogP contribution in [0.25, 0.3) is 10.8 Å². The Morgan fingerprint density at radius 2 is 1.87 bits per heavy atom. The van der Waals surface area contributed by atoms with Crippen LogP contribution in [0.2, 0.25) is 0 Å². The standard InChI is InChI=1S/C26H32N4O/c1-25(2)20-10-6-7-11-21(20)29(3)26(25)17-28-24-19-9-5-4-8-18(19)22(16-23(24)31-26)30-14-12-27-13-15-30/h4-9,11,16,20,27-28H,10,12-15,17H2,1-3H3. The van der Waals surface area contributed by atoms with Gasteiger partial charge in [-0.15, -0.1) is 0 Å². The van der Waals surface area contributed by atoms with E-state index in [1.807, 2.05) is 0 Å². The Balaban J connectivity index is 1.49. The topological polar surface area (TPSA) is 39.8 Å². The highest BCUT2D eigenvalue weighted by atomic mass is 16.5. The summed E-state index contributed by atoms with van der Waals surface area (Å²) in [6.45, 7) is 9.60. The highest BCUT2D eigenvalue weighted by molar-refractivity contribution is 6.05. The summed E-state index contributed by atoms with van der Waals surface area (Å²) in [6, 6.07) is 11.0. The average Bonchev–Trinajstić information content (AvgIpc) is 2.97. The molecule has 2 unspecified atom stereocenters. The predicted molar refractivity (Wildman–Crippen MR) is 128 cm³/mol. The van der Waals surface area contributed by atoms with Crippen molar-refractivity contribution in [2.45, 2.75) is 26.0 Å². The lowest BCUT2D eigenvalue weighted by Crippen LogP contribution is -2.61. The van der Waals surface area contributed by atoms with Gasteiger partial charge in [0.1, 0.15) is 5.75 Å². The smallest absolute Gasteiger partial charge is 0.205 e. The minimum absolute atomic E-state index is 0.0239. The summed E-state index contributed by atoms with van der Waals surface area (Å²) in [5.74, 6) is 1.45. The molecule has 5 nitrogen and oxygen atoms in total. The number of rotatable bonds is 1. The number of fused-ring (bicyclic) bond motifs is 4. The Labute approximate surface area is 184 Å². The van der Waals surface area contributed by atoms with E-state index in [-0.39, 0.29) is 5.41 Å². The number of anilines is 2. The Morgan fingerprint density at radius 1 is 1.10 bits per heavy atom. The van der Waals surface area contributed by atoms with Crippen LogP contribution in [-0.4, -0.2) is 50.4 Å². The maximum atomic E-state index is 7.09. The van der Waals surface area contributed by atoms with Crippen molar-refractivity contribution < 1.29 is 4.74 Å². The predicted octanol–water partition coefficient (Wildman–Crippen LogP) is 4.18. The summed E-state index contributed by atoms with van der Waals surface area (Å²) >= 11 is 0. The summed E-state index contributed by atoms with van der Waals surface area (Å²) in [4.78, 5) is 4.90. The third-order valence-electron chi connectivity index (χ3n) is 8.17. The molecule has 3 heterocycles. The van der Waals surface area contributed by atoms with Gasteiger partial charge in [-0.1, -0.05) is 50.3 Å². The van der Waals surface area contributed by atoms with Crippen molar-refractivity contribution >= 4 is 22.1 Å². The zero-order chi connectivity index (χ0) is 21.2. The molecule has 0 saturated carbocycles. The van der Waals surface area contributed by atoms with E-state index < -0.39 is 5.72 Å². The van der Waals surface area contributed by atoms with Crippen molar-refractivity contribution in [2.75, 3.05) is 50.0 Å². The number of nitrogens with one attached hydrogen (secondary N) is 2. The fraction of sp³-hybridized carbons (Fsp3) is 0.462. The van der Waals surface area contributed by atoms with Gasteiger partial charge in [-0.2, -0.15) is 0 Å². The molecule has 4 aliphatic rings. The Bertz CT molecular complexity index is 1100. The molecule has 2 fully saturated rings. The molecule has 2 aromatic rings. The normalized spacial score (nSPS) is 28.7. The molecule has 0 bridgehead atoms. The Morgan fingerprint density at radius 3 is 2.65 bits per heavy atom. The molecule has 31 heavy (non-hydrogen) atoms. The van der Waals surface area contributed by atoms with Crippen LogP contribution in [0.1, 0.15) is 20.3 Å². The highest BCUT2D eigenvalue weighted by Gasteiger charge is 2.63. The van der Waals surface area contributed by atoms with Crippen LogP contribution < -0.4 is 20.3 Å². The van der Waals surface area contributed by atoms with Crippen LogP contribution in [0.4, 0.5) is 11.4 Å². The van der Waals surface area contributed by atoms with E-state index >= 15 is 0 Å². The number of piperazine rings is 1. The molecule has 1 spiro atoms. The van der Waals surface area contributed by atoms with E-state index in [0.29, 0.717) is 5.92 Å². The van der Waals surface area contributed by atoms with Crippen molar-refractivity contribution in [1.29, 1.82) is 0 Å². The first-order valence-corrected chi connectivity index (χ1v) is 11.6. The van der Waals surface area contributed by atoms with Crippen LogP contribution >= 0.6 is 0 Å². The Kier molecular flexibility index (Phi) is 4.10. The monoisotopic (exact) mass is 416 g/mol. The lowest BCUT2D eigenvalue weighted by molar-refractivity contribution is -0.104. The molecule has 162 valence electrons. The van der Waals surface area contributed by atoms with E-state index in [2.05, 4.69) is 89.9 Å². The first kappa shape index (κ1) is 19.1. The summed E-state index contributed by atoms with van der Waals surface area (Å²) in [5, 5.41) is 9.85. The van der Waals surface area contributed by atoms with Crippen LogP contribution in [0.5, 0.6) is 5.75 Å². The van der Waals surface area contributed by atoms with Gasteiger partial charge in [0.15, 0.2) is 0 Å². The number of hydrogen-bond acceptors (Lipinski definition) is 5. The van der Waals surface area contributed by atoms with Gasteiger partial charge in [-0.3, -0.25) is 0 Å². The molecule has 3 aliphatic heterocycles. The first-order chi connectivity index (χ1) is 15.0. The van der Waals surface area contributed by atoms with Crippen LogP contribution in [-0.2, 0) is 0 Å². The molecule has 0 aromatic heterocycles. The van der Waals surface area contributed by atoms with Crippen molar-refractivity contribution in [1.82, 2.24) is 10.2 Å². The van der Waals surface area contributed by atoms with Crippen LogP contribution in [0.3, 0.4) is 0 Å². The molecular formula is C26H32N4O. The van der Waals surface area contributed by atoms with Gasteiger partial charge in [-0.25, -0.2) is 0 Å². The second-order valence-electron chi connectivity index (χ2n) is 9.88. The summed E-state index contributed by atoms with van der Waals surface area (Å²) < 4.78 is 7.09. The van der Waals surface area contributed by atoms with Gasteiger partial charge in [0.2, 0.25) is 5.72 Å². The molecule has 2 N–H and O–H groups in total. The van der Waals surface area contributed by atoms with Gasteiger partial charge in [-0.05, 0) is 12.5 Å². The van der Waals surface area contributed by atoms with E-state index in [4.69, 9.17) is 4.74 Å². The molecule has 0 radical (unpaired) electrons. The van der Waals surface area contributed by atoms with Gasteiger partial charge in [0.25, 0.3) is 0 Å². The lowest BCUT2D eigenvalue weighted by Gasteiger charge is -2.49. The average molecular weight is 417 g/mol. The largest absolute Gasteiger partial charge is 0.463 e.